The highest BCUT2D eigenvalue weighted by molar-refractivity contribution is 8.13. The lowest BCUT2D eigenvalue weighted by molar-refractivity contribution is -0.110. The second kappa shape index (κ2) is 8.87. The third-order valence-corrected chi connectivity index (χ3v) is 1.94. The van der Waals surface area contributed by atoms with Crippen LogP contribution in [0.5, 0.6) is 0 Å². The predicted octanol–water partition coefficient (Wildman–Crippen LogP) is 0.308. The van der Waals surface area contributed by atoms with Crippen LogP contribution in [0, 0.1) is 0 Å². The fraction of sp³-hybridized carbons (Fsp3) is 0.571. The first-order chi connectivity index (χ1) is 6.31. The van der Waals surface area contributed by atoms with E-state index in [0.717, 1.165) is 11.8 Å². The van der Waals surface area contributed by atoms with Gasteiger partial charge in [0.1, 0.15) is 0 Å². The molecule has 0 saturated carbocycles. The Morgan fingerprint density at radius 3 is 2.38 bits per heavy atom. The second-order valence-corrected chi connectivity index (χ2v) is 3.07. The predicted molar refractivity (Wildman–Crippen MR) is 48.1 cm³/mol. The van der Waals surface area contributed by atoms with Crippen LogP contribution in [-0.2, 0) is 14.4 Å². The van der Waals surface area contributed by atoms with Gasteiger partial charge in [-0.1, -0.05) is 11.8 Å². The molecule has 70 valence electrons. The van der Waals surface area contributed by atoms with Gasteiger partial charge in [0.25, 0.3) is 0 Å². The molecular formula is C7H8N2O3S. The van der Waals surface area contributed by atoms with Gasteiger partial charge in [0.15, 0.2) is 5.12 Å². The van der Waals surface area contributed by atoms with Crippen LogP contribution in [0.3, 0.4) is 0 Å². The van der Waals surface area contributed by atoms with Crippen molar-refractivity contribution in [2.75, 3.05) is 18.8 Å². The van der Waals surface area contributed by atoms with E-state index in [1.807, 2.05) is 0 Å². The van der Waals surface area contributed by atoms with Gasteiger partial charge in [0.05, 0.1) is 13.1 Å². The van der Waals surface area contributed by atoms with Crippen LogP contribution in [0.25, 0.3) is 0 Å². The van der Waals surface area contributed by atoms with Crippen molar-refractivity contribution >= 4 is 29.0 Å². The molecule has 0 aliphatic heterocycles. The third-order valence-electron chi connectivity index (χ3n) is 1.02. The SMILES string of the molecule is O=C=NCCSC(=O)CCN=C=O. The van der Waals surface area contributed by atoms with E-state index in [-0.39, 0.29) is 24.6 Å². The van der Waals surface area contributed by atoms with E-state index >= 15 is 0 Å². The number of aliphatic imine (C=N–C) groups is 2. The summed E-state index contributed by atoms with van der Waals surface area (Å²) in [5, 5.41) is -0.0694. The first-order valence-electron chi connectivity index (χ1n) is 3.54. The van der Waals surface area contributed by atoms with E-state index in [1.54, 1.807) is 0 Å². The average molecular weight is 200 g/mol. The van der Waals surface area contributed by atoms with Crippen LogP contribution in [0.2, 0.25) is 0 Å². The van der Waals surface area contributed by atoms with Gasteiger partial charge < -0.3 is 0 Å². The Kier molecular flexibility index (Phi) is 8.04. The Labute approximate surface area is 79.3 Å². The topological polar surface area (TPSA) is 75.9 Å². The molecule has 0 aliphatic rings. The van der Waals surface area contributed by atoms with Crippen LogP contribution in [0.15, 0.2) is 9.98 Å². The molecule has 0 aliphatic carbocycles. The van der Waals surface area contributed by atoms with Crippen molar-refractivity contribution in [3.63, 3.8) is 0 Å². The van der Waals surface area contributed by atoms with Crippen molar-refractivity contribution in [3.05, 3.63) is 0 Å². The Hall–Kier alpha value is -1.22. The zero-order chi connectivity index (χ0) is 9.94. The van der Waals surface area contributed by atoms with E-state index in [0.29, 0.717) is 5.75 Å². The van der Waals surface area contributed by atoms with Crippen molar-refractivity contribution in [3.8, 4) is 0 Å². The number of hydrogen-bond acceptors (Lipinski definition) is 6. The minimum atomic E-state index is -0.0694. The zero-order valence-corrected chi connectivity index (χ0v) is 7.67. The Morgan fingerprint density at radius 1 is 1.15 bits per heavy atom. The number of isocyanates is 2. The highest BCUT2D eigenvalue weighted by Crippen LogP contribution is 2.04. The van der Waals surface area contributed by atoms with Gasteiger partial charge in [-0.15, -0.1) is 0 Å². The normalized spacial score (nSPS) is 8.31. The number of rotatable bonds is 6. The van der Waals surface area contributed by atoms with Gasteiger partial charge in [-0.2, -0.15) is 0 Å². The highest BCUT2D eigenvalue weighted by atomic mass is 32.2. The molecule has 0 rings (SSSR count). The summed E-state index contributed by atoms with van der Waals surface area (Å²) in [5.74, 6) is 0.457. The lowest BCUT2D eigenvalue weighted by Crippen LogP contribution is -1.97. The minimum absolute atomic E-state index is 0.0694. The van der Waals surface area contributed by atoms with Crippen molar-refractivity contribution < 1.29 is 14.4 Å². The largest absolute Gasteiger partial charge is 0.287 e. The molecule has 0 spiro atoms. The molecule has 0 radical (unpaired) electrons. The van der Waals surface area contributed by atoms with Crippen LogP contribution >= 0.6 is 11.8 Å². The number of thioether (sulfide) groups is 1. The molecule has 13 heavy (non-hydrogen) atoms. The summed E-state index contributed by atoms with van der Waals surface area (Å²) in [5.41, 5.74) is 0. The molecular weight excluding hydrogens is 192 g/mol. The van der Waals surface area contributed by atoms with Gasteiger partial charge in [0, 0.05) is 12.2 Å². The molecule has 5 nitrogen and oxygen atoms in total. The molecule has 0 N–H and O–H groups in total. The summed E-state index contributed by atoms with van der Waals surface area (Å²) < 4.78 is 0. The summed E-state index contributed by atoms with van der Waals surface area (Å²) in [6, 6.07) is 0. The summed E-state index contributed by atoms with van der Waals surface area (Å²) >= 11 is 1.07. The third kappa shape index (κ3) is 8.69. The van der Waals surface area contributed by atoms with Crippen molar-refractivity contribution in [2.45, 2.75) is 6.42 Å². The maximum absolute atomic E-state index is 10.9. The van der Waals surface area contributed by atoms with Gasteiger partial charge in [0.2, 0.25) is 12.2 Å². The summed E-state index contributed by atoms with van der Waals surface area (Å²) in [6.45, 7) is 0.461. The van der Waals surface area contributed by atoms with Crippen molar-refractivity contribution in [2.24, 2.45) is 9.98 Å². The van der Waals surface area contributed by atoms with Gasteiger partial charge in [-0.05, 0) is 0 Å². The molecule has 0 atom stereocenters. The molecule has 0 saturated heterocycles. The summed E-state index contributed by atoms with van der Waals surface area (Å²) in [4.78, 5) is 36.7. The monoisotopic (exact) mass is 200 g/mol. The van der Waals surface area contributed by atoms with E-state index in [4.69, 9.17) is 0 Å². The Morgan fingerprint density at radius 2 is 1.77 bits per heavy atom. The first-order valence-corrected chi connectivity index (χ1v) is 4.52. The summed E-state index contributed by atoms with van der Waals surface area (Å²) in [7, 11) is 0. The van der Waals surface area contributed by atoms with Crippen LogP contribution < -0.4 is 0 Å². The molecule has 0 fully saturated rings. The van der Waals surface area contributed by atoms with Crippen LogP contribution in [0.1, 0.15) is 6.42 Å². The molecule has 0 unspecified atom stereocenters. The van der Waals surface area contributed by atoms with Gasteiger partial charge in [-0.3, -0.25) is 4.79 Å². The van der Waals surface area contributed by atoms with E-state index in [2.05, 4.69) is 9.98 Å². The van der Waals surface area contributed by atoms with Crippen LogP contribution in [0.4, 0.5) is 0 Å². The van der Waals surface area contributed by atoms with Crippen molar-refractivity contribution in [1.29, 1.82) is 0 Å². The Balaban J connectivity index is 3.40. The number of hydrogen-bond donors (Lipinski definition) is 0. The smallest absolute Gasteiger partial charge is 0.234 e. The highest BCUT2D eigenvalue weighted by Gasteiger charge is 2.00. The molecule has 0 aromatic heterocycles. The molecule has 0 amide bonds. The molecule has 0 heterocycles. The van der Waals surface area contributed by atoms with Gasteiger partial charge in [-0.25, -0.2) is 19.6 Å². The number of nitrogens with zero attached hydrogens (tertiary/aromatic N) is 2. The quantitative estimate of drug-likeness (QED) is 0.351. The average Bonchev–Trinajstić information content (AvgIpc) is 2.13. The van der Waals surface area contributed by atoms with E-state index in [9.17, 15) is 14.4 Å². The van der Waals surface area contributed by atoms with Gasteiger partial charge >= 0.3 is 0 Å². The fourth-order valence-corrected chi connectivity index (χ4v) is 1.16. The van der Waals surface area contributed by atoms with E-state index in [1.165, 1.54) is 12.2 Å². The molecule has 0 aromatic rings. The molecule has 0 bridgehead atoms. The molecule has 6 heteroatoms. The number of carbonyl (C=O) groups excluding carboxylic acids is 3. The summed E-state index contributed by atoms with van der Waals surface area (Å²) in [6.07, 6.45) is 2.93. The lowest BCUT2D eigenvalue weighted by atomic mass is 10.5. The zero-order valence-electron chi connectivity index (χ0n) is 6.86. The lowest BCUT2D eigenvalue weighted by Gasteiger charge is -1.93. The second-order valence-electron chi connectivity index (χ2n) is 1.92. The maximum atomic E-state index is 10.9. The first kappa shape index (κ1) is 11.8. The number of carbonyl (C=O) groups is 1. The minimum Gasteiger partial charge on any atom is -0.287 e. The molecule has 0 aromatic carbocycles. The maximum Gasteiger partial charge on any atom is 0.234 e. The van der Waals surface area contributed by atoms with Crippen molar-refractivity contribution in [1.82, 2.24) is 0 Å². The Bertz CT molecular complexity index is 254. The fourth-order valence-electron chi connectivity index (χ4n) is 0.516. The van der Waals surface area contributed by atoms with Crippen LogP contribution in [-0.4, -0.2) is 36.1 Å². The van der Waals surface area contributed by atoms with E-state index < -0.39 is 0 Å². The standard InChI is InChI=1S/C7H8N2O3S/c10-5-8-2-1-7(12)13-4-3-9-6-11/h1-4H2.